The summed E-state index contributed by atoms with van der Waals surface area (Å²) in [4.78, 5) is 0. The average molecular weight is 190 g/mol. The normalized spacial score (nSPS) is 14.9. The molecule has 2 N–H and O–H groups in total. The molecular weight excluding hydrogens is 170 g/mol. The molecule has 0 aliphatic rings. The Bertz CT molecular complexity index is 289. The molecule has 0 fully saturated rings. The maximum atomic E-state index is 6.30. The van der Waals surface area contributed by atoms with Crippen LogP contribution in [-0.4, -0.2) is 0 Å². The molecule has 0 saturated carbocycles. The lowest BCUT2D eigenvalue weighted by molar-refractivity contribution is 0.448. The summed E-state index contributed by atoms with van der Waals surface area (Å²) in [5.41, 5.74) is 8.66. The third-order valence-electron chi connectivity index (χ3n) is 2.71. The van der Waals surface area contributed by atoms with Crippen LogP contribution in [0.1, 0.15) is 37.8 Å². The van der Waals surface area contributed by atoms with E-state index in [1.54, 1.807) is 0 Å². The Morgan fingerprint density at radius 3 is 2.57 bits per heavy atom. The first kappa shape index (κ1) is 11.1. The predicted molar refractivity (Wildman–Crippen MR) is 61.9 cm³/mol. The molecule has 1 rings (SSSR count). The lowest BCUT2D eigenvalue weighted by Gasteiger charge is -2.25. The van der Waals surface area contributed by atoms with Crippen LogP contribution >= 0.6 is 0 Å². The molecule has 0 aromatic heterocycles. The van der Waals surface area contributed by atoms with Crippen LogP contribution in [0.15, 0.2) is 24.3 Å². The SMILES string of the molecule is C[CH+]CCC(C)(N)c1ccccc1C. The summed E-state index contributed by atoms with van der Waals surface area (Å²) >= 11 is 0. The van der Waals surface area contributed by atoms with Gasteiger partial charge in [0.05, 0.1) is 19.8 Å². The minimum Gasteiger partial charge on any atom is -0.321 e. The molecule has 0 amide bonds. The van der Waals surface area contributed by atoms with Crippen molar-refractivity contribution >= 4 is 0 Å². The van der Waals surface area contributed by atoms with Crippen molar-refractivity contribution in [1.29, 1.82) is 0 Å². The molecule has 0 bridgehead atoms. The molecular formula is C13H20N+. The molecule has 0 spiro atoms. The van der Waals surface area contributed by atoms with Gasteiger partial charge >= 0.3 is 0 Å². The van der Waals surface area contributed by atoms with E-state index >= 15 is 0 Å². The van der Waals surface area contributed by atoms with E-state index in [1.807, 2.05) is 0 Å². The Balaban J connectivity index is 2.86. The number of hydrogen-bond acceptors (Lipinski definition) is 1. The van der Waals surface area contributed by atoms with Crippen molar-refractivity contribution in [3.8, 4) is 0 Å². The Hall–Kier alpha value is -0.950. The van der Waals surface area contributed by atoms with Gasteiger partial charge in [0, 0.05) is 12.0 Å². The van der Waals surface area contributed by atoms with Crippen molar-refractivity contribution in [3.63, 3.8) is 0 Å². The van der Waals surface area contributed by atoms with Gasteiger partial charge in [0.25, 0.3) is 0 Å². The fourth-order valence-corrected chi connectivity index (χ4v) is 1.79. The van der Waals surface area contributed by atoms with Gasteiger partial charge in [-0.15, -0.1) is 0 Å². The van der Waals surface area contributed by atoms with Gasteiger partial charge in [-0.1, -0.05) is 24.3 Å². The van der Waals surface area contributed by atoms with E-state index in [4.69, 9.17) is 5.73 Å². The van der Waals surface area contributed by atoms with Gasteiger partial charge in [0.15, 0.2) is 0 Å². The van der Waals surface area contributed by atoms with Gasteiger partial charge in [-0.2, -0.15) is 0 Å². The molecule has 76 valence electrons. The minimum atomic E-state index is -0.197. The maximum Gasteiger partial charge on any atom is 0.0893 e. The van der Waals surface area contributed by atoms with Gasteiger partial charge < -0.3 is 5.73 Å². The molecule has 1 nitrogen and oxygen atoms in total. The highest BCUT2D eigenvalue weighted by molar-refractivity contribution is 5.31. The monoisotopic (exact) mass is 190 g/mol. The molecule has 0 radical (unpaired) electrons. The summed E-state index contributed by atoms with van der Waals surface area (Å²) < 4.78 is 0. The summed E-state index contributed by atoms with van der Waals surface area (Å²) in [6.07, 6.45) is 4.25. The van der Waals surface area contributed by atoms with E-state index in [0.29, 0.717) is 0 Å². The highest BCUT2D eigenvalue weighted by Crippen LogP contribution is 2.26. The van der Waals surface area contributed by atoms with E-state index in [1.165, 1.54) is 11.1 Å². The topological polar surface area (TPSA) is 26.0 Å². The van der Waals surface area contributed by atoms with Crippen LogP contribution < -0.4 is 5.73 Å². The standard InChI is InChI=1S/C13H20N/c1-4-5-10-13(3,14)12-9-7-6-8-11(12)2/h4,6-9H,5,10,14H2,1-3H3/q+1. The Kier molecular flexibility index (Phi) is 3.59. The van der Waals surface area contributed by atoms with Crippen molar-refractivity contribution in [1.82, 2.24) is 0 Å². The van der Waals surface area contributed by atoms with Gasteiger partial charge in [-0.25, -0.2) is 0 Å². The number of nitrogens with two attached hydrogens (primary N) is 1. The number of hydrogen-bond donors (Lipinski definition) is 1. The lowest BCUT2D eigenvalue weighted by atomic mass is 9.85. The second-order valence-electron chi connectivity index (χ2n) is 4.18. The zero-order valence-electron chi connectivity index (χ0n) is 9.38. The van der Waals surface area contributed by atoms with E-state index in [0.717, 1.165) is 12.8 Å². The van der Waals surface area contributed by atoms with Crippen LogP contribution in [0.3, 0.4) is 0 Å². The largest absolute Gasteiger partial charge is 0.321 e. The third kappa shape index (κ3) is 2.52. The van der Waals surface area contributed by atoms with E-state index < -0.39 is 0 Å². The van der Waals surface area contributed by atoms with Gasteiger partial charge in [0.1, 0.15) is 0 Å². The Labute approximate surface area is 87.3 Å². The summed E-state index contributed by atoms with van der Waals surface area (Å²) in [5, 5.41) is 0. The van der Waals surface area contributed by atoms with Crippen LogP contribution in [0.25, 0.3) is 0 Å². The average Bonchev–Trinajstić information content (AvgIpc) is 2.15. The number of aryl methyl sites for hydroxylation is 1. The second kappa shape index (κ2) is 4.52. The summed E-state index contributed by atoms with van der Waals surface area (Å²) in [7, 11) is 0. The first-order valence-corrected chi connectivity index (χ1v) is 5.21. The summed E-state index contributed by atoms with van der Waals surface area (Å²) in [6.45, 7) is 6.31. The fraction of sp³-hybridized carbons (Fsp3) is 0.462. The predicted octanol–water partition coefficient (Wildman–Crippen LogP) is 3.17. The lowest BCUT2D eigenvalue weighted by Crippen LogP contribution is -2.33. The van der Waals surface area contributed by atoms with Gasteiger partial charge in [-0.3, -0.25) is 0 Å². The van der Waals surface area contributed by atoms with Crippen molar-refractivity contribution in [2.45, 2.75) is 39.2 Å². The Morgan fingerprint density at radius 1 is 1.36 bits per heavy atom. The number of benzene rings is 1. The molecule has 14 heavy (non-hydrogen) atoms. The molecule has 1 aromatic carbocycles. The summed E-state index contributed by atoms with van der Waals surface area (Å²) in [6, 6.07) is 8.37. The van der Waals surface area contributed by atoms with Gasteiger partial charge in [-0.05, 0) is 25.0 Å². The van der Waals surface area contributed by atoms with Crippen molar-refractivity contribution in [2.24, 2.45) is 5.73 Å². The van der Waals surface area contributed by atoms with Gasteiger partial charge in [0.2, 0.25) is 0 Å². The minimum absolute atomic E-state index is 0.197. The number of unbranched alkanes of at least 4 members (excludes halogenated alkanes) is 1. The van der Waals surface area contributed by atoms with Crippen molar-refractivity contribution < 1.29 is 0 Å². The highest BCUT2D eigenvalue weighted by atomic mass is 14.7. The van der Waals surface area contributed by atoms with E-state index in [-0.39, 0.29) is 5.54 Å². The van der Waals surface area contributed by atoms with Crippen molar-refractivity contribution in [2.75, 3.05) is 0 Å². The zero-order chi connectivity index (χ0) is 10.6. The second-order valence-corrected chi connectivity index (χ2v) is 4.18. The smallest absolute Gasteiger partial charge is 0.0893 e. The highest BCUT2D eigenvalue weighted by Gasteiger charge is 2.23. The fourth-order valence-electron chi connectivity index (χ4n) is 1.79. The number of rotatable bonds is 4. The Morgan fingerprint density at radius 2 is 2.00 bits per heavy atom. The first-order chi connectivity index (χ1) is 6.58. The third-order valence-corrected chi connectivity index (χ3v) is 2.71. The molecule has 0 saturated heterocycles. The zero-order valence-corrected chi connectivity index (χ0v) is 9.38. The van der Waals surface area contributed by atoms with E-state index in [9.17, 15) is 0 Å². The molecule has 1 aromatic rings. The van der Waals surface area contributed by atoms with E-state index in [2.05, 4.69) is 51.5 Å². The van der Waals surface area contributed by atoms with Crippen LogP contribution in [-0.2, 0) is 5.54 Å². The van der Waals surface area contributed by atoms with Crippen molar-refractivity contribution in [3.05, 3.63) is 41.8 Å². The molecule has 1 heteroatoms. The van der Waals surface area contributed by atoms with Crippen LogP contribution in [0.5, 0.6) is 0 Å². The quantitative estimate of drug-likeness (QED) is 0.725. The molecule has 0 heterocycles. The maximum absolute atomic E-state index is 6.30. The van der Waals surface area contributed by atoms with Crippen LogP contribution in [0.2, 0.25) is 0 Å². The van der Waals surface area contributed by atoms with Crippen LogP contribution in [0, 0.1) is 13.3 Å². The summed E-state index contributed by atoms with van der Waals surface area (Å²) in [5.74, 6) is 0. The first-order valence-electron chi connectivity index (χ1n) is 5.21. The molecule has 1 atom stereocenters. The molecule has 0 aliphatic carbocycles. The molecule has 0 aliphatic heterocycles. The van der Waals surface area contributed by atoms with Crippen LogP contribution in [0.4, 0.5) is 0 Å². The molecule has 1 unspecified atom stereocenters.